The van der Waals surface area contributed by atoms with Gasteiger partial charge < -0.3 is 9.64 Å². The topological polar surface area (TPSA) is 12.5 Å². The van der Waals surface area contributed by atoms with Crippen LogP contribution < -0.4 is 4.74 Å². The molecule has 0 bridgehead atoms. The first kappa shape index (κ1) is 17.4. The highest BCUT2D eigenvalue weighted by Crippen LogP contribution is 2.63. The summed E-state index contributed by atoms with van der Waals surface area (Å²) in [7, 11) is 2.29. The summed E-state index contributed by atoms with van der Waals surface area (Å²) in [5, 5.41) is 0. The highest BCUT2D eigenvalue weighted by atomic mass is 16.5. The maximum Gasteiger partial charge on any atom is 0.127 e. The van der Waals surface area contributed by atoms with Crippen LogP contribution in [0.25, 0.3) is 0 Å². The molecule has 1 fully saturated rings. The molecule has 2 aliphatic heterocycles. The summed E-state index contributed by atoms with van der Waals surface area (Å²) in [5.74, 6) is 2.60. The van der Waals surface area contributed by atoms with Crippen LogP contribution in [0.4, 0.5) is 0 Å². The van der Waals surface area contributed by atoms with Crippen LogP contribution >= 0.6 is 0 Å². The third kappa shape index (κ3) is 2.07. The average molecular weight is 342 g/mol. The number of hydrogen-bond donors (Lipinski definition) is 0. The molecule has 4 rings (SSSR count). The van der Waals surface area contributed by atoms with Gasteiger partial charge in [0, 0.05) is 17.5 Å². The Morgan fingerprint density at radius 1 is 1.00 bits per heavy atom. The Morgan fingerprint density at radius 3 is 2.36 bits per heavy atom. The maximum atomic E-state index is 6.82. The predicted molar refractivity (Wildman–Crippen MR) is 104 cm³/mol. The Labute approximate surface area is 153 Å². The van der Waals surface area contributed by atoms with E-state index in [0.717, 1.165) is 6.54 Å². The molecular formula is C23H35NO. The Hall–Kier alpha value is -1.02. The van der Waals surface area contributed by atoms with E-state index in [1.807, 2.05) is 0 Å². The number of benzene rings is 1. The number of nitrogens with zero attached hydrogens (tertiary/aromatic N) is 1. The van der Waals surface area contributed by atoms with E-state index in [1.54, 1.807) is 11.1 Å². The van der Waals surface area contributed by atoms with Crippen LogP contribution in [0.3, 0.4) is 0 Å². The fourth-order valence-corrected chi connectivity index (χ4v) is 6.21. The summed E-state index contributed by atoms with van der Waals surface area (Å²) >= 11 is 0. The summed E-state index contributed by atoms with van der Waals surface area (Å²) in [6.45, 7) is 19.0. The van der Waals surface area contributed by atoms with Crippen molar-refractivity contribution in [1.82, 2.24) is 4.90 Å². The molecule has 0 radical (unpaired) electrons. The molecule has 1 spiro atoms. The molecule has 25 heavy (non-hydrogen) atoms. The largest absolute Gasteiger partial charge is 0.489 e. The zero-order chi connectivity index (χ0) is 18.3. The lowest BCUT2D eigenvalue weighted by Gasteiger charge is -2.53. The maximum absolute atomic E-state index is 6.82. The molecule has 2 heterocycles. The van der Waals surface area contributed by atoms with Gasteiger partial charge in [-0.05, 0) is 86.7 Å². The van der Waals surface area contributed by atoms with Gasteiger partial charge >= 0.3 is 0 Å². The molecule has 2 heteroatoms. The minimum absolute atomic E-state index is 0.202. The molecule has 1 aromatic carbocycles. The quantitative estimate of drug-likeness (QED) is 0.647. The molecule has 3 aliphatic rings. The van der Waals surface area contributed by atoms with Crippen LogP contribution in [-0.2, 0) is 12.0 Å². The standard InChI is InChI=1S/C23H35NO/c1-13-14(2)18-12-24(8)10-9-23-17(5)16(4)22(6,7)11-19(23)25-21(15(13)3)20(18)23/h16-17,19H,9-12H2,1-8H3. The highest BCUT2D eigenvalue weighted by molar-refractivity contribution is 5.61. The molecule has 1 aromatic rings. The zero-order valence-electron chi connectivity index (χ0n) is 17.4. The van der Waals surface area contributed by atoms with Crippen LogP contribution in [0.2, 0.25) is 0 Å². The molecule has 0 amide bonds. The Bertz CT molecular complexity index is 734. The van der Waals surface area contributed by atoms with Crippen molar-refractivity contribution in [3.63, 3.8) is 0 Å². The van der Waals surface area contributed by atoms with Crippen molar-refractivity contribution in [2.24, 2.45) is 17.3 Å². The van der Waals surface area contributed by atoms with Gasteiger partial charge in [-0.25, -0.2) is 0 Å². The van der Waals surface area contributed by atoms with Crippen molar-refractivity contribution >= 4 is 0 Å². The lowest BCUT2D eigenvalue weighted by Crippen LogP contribution is -2.55. The van der Waals surface area contributed by atoms with Gasteiger partial charge in [0.1, 0.15) is 11.9 Å². The third-order valence-electron chi connectivity index (χ3n) is 8.59. The molecule has 0 aromatic heterocycles. The van der Waals surface area contributed by atoms with Crippen LogP contribution in [0.1, 0.15) is 68.4 Å². The van der Waals surface area contributed by atoms with Gasteiger partial charge in [0.15, 0.2) is 0 Å². The lowest BCUT2D eigenvalue weighted by atomic mass is 9.50. The fourth-order valence-electron chi connectivity index (χ4n) is 6.21. The van der Waals surface area contributed by atoms with E-state index in [-0.39, 0.29) is 5.41 Å². The monoisotopic (exact) mass is 341 g/mol. The van der Waals surface area contributed by atoms with E-state index in [1.165, 1.54) is 41.8 Å². The van der Waals surface area contributed by atoms with E-state index in [9.17, 15) is 0 Å². The van der Waals surface area contributed by atoms with Gasteiger partial charge in [-0.3, -0.25) is 0 Å². The summed E-state index contributed by atoms with van der Waals surface area (Å²) in [6, 6.07) is 0. The Morgan fingerprint density at radius 2 is 1.68 bits per heavy atom. The number of rotatable bonds is 0. The van der Waals surface area contributed by atoms with Crippen molar-refractivity contribution in [3.05, 3.63) is 27.8 Å². The minimum atomic E-state index is 0.202. The molecule has 2 nitrogen and oxygen atoms in total. The van der Waals surface area contributed by atoms with E-state index < -0.39 is 0 Å². The normalized spacial score (nSPS) is 36.4. The molecule has 4 unspecified atom stereocenters. The van der Waals surface area contributed by atoms with Gasteiger partial charge in [-0.2, -0.15) is 0 Å². The molecule has 1 aliphatic carbocycles. The molecule has 0 N–H and O–H groups in total. The van der Waals surface area contributed by atoms with E-state index >= 15 is 0 Å². The Balaban J connectivity index is 2.02. The van der Waals surface area contributed by atoms with Gasteiger partial charge in [-0.1, -0.05) is 27.7 Å². The SMILES string of the molecule is Cc1c(C)c2c3c(c1C)OC1CC(C)(C)C(C)C(C)C31CCN(C)C2. The van der Waals surface area contributed by atoms with Gasteiger partial charge in [0.25, 0.3) is 0 Å². The minimum Gasteiger partial charge on any atom is -0.489 e. The van der Waals surface area contributed by atoms with Crippen molar-refractivity contribution < 1.29 is 4.74 Å². The smallest absolute Gasteiger partial charge is 0.127 e. The van der Waals surface area contributed by atoms with Crippen molar-refractivity contribution in [1.29, 1.82) is 0 Å². The highest BCUT2D eigenvalue weighted by Gasteiger charge is 2.61. The zero-order valence-corrected chi connectivity index (χ0v) is 17.4. The second-order valence-corrected chi connectivity index (χ2v) is 9.96. The first-order valence-corrected chi connectivity index (χ1v) is 10.1. The first-order chi connectivity index (χ1) is 11.6. The Kier molecular flexibility index (Phi) is 3.65. The van der Waals surface area contributed by atoms with E-state index in [4.69, 9.17) is 4.74 Å². The summed E-state index contributed by atoms with van der Waals surface area (Å²) in [4.78, 5) is 2.53. The second kappa shape index (κ2) is 5.25. The van der Waals surface area contributed by atoms with Crippen LogP contribution in [-0.4, -0.2) is 24.6 Å². The number of ether oxygens (including phenoxy) is 1. The molecule has 0 saturated heterocycles. The van der Waals surface area contributed by atoms with Gasteiger partial charge in [-0.15, -0.1) is 0 Å². The molecule has 1 saturated carbocycles. The van der Waals surface area contributed by atoms with Crippen LogP contribution in [0.5, 0.6) is 5.75 Å². The van der Waals surface area contributed by atoms with Crippen LogP contribution in [0.15, 0.2) is 0 Å². The van der Waals surface area contributed by atoms with Gasteiger partial charge in [0.2, 0.25) is 0 Å². The summed E-state index contributed by atoms with van der Waals surface area (Å²) in [6.07, 6.45) is 2.75. The second-order valence-electron chi connectivity index (χ2n) is 9.96. The third-order valence-corrected chi connectivity index (χ3v) is 8.59. The van der Waals surface area contributed by atoms with Crippen molar-refractivity contribution in [2.45, 2.75) is 79.4 Å². The van der Waals surface area contributed by atoms with Gasteiger partial charge in [0.05, 0.1) is 0 Å². The number of hydrogen-bond acceptors (Lipinski definition) is 2. The fraction of sp³-hybridized carbons (Fsp3) is 0.739. The summed E-state index contributed by atoms with van der Waals surface area (Å²) in [5.41, 5.74) is 8.02. The predicted octanol–water partition coefficient (Wildman–Crippen LogP) is 5.15. The molecule has 138 valence electrons. The van der Waals surface area contributed by atoms with Crippen molar-refractivity contribution in [2.75, 3.05) is 13.6 Å². The lowest BCUT2D eigenvalue weighted by molar-refractivity contribution is -0.0496. The molecular weight excluding hydrogens is 306 g/mol. The van der Waals surface area contributed by atoms with E-state index in [2.05, 4.69) is 60.4 Å². The average Bonchev–Trinajstić information content (AvgIpc) is 2.78. The van der Waals surface area contributed by atoms with Crippen LogP contribution in [0, 0.1) is 38.0 Å². The molecule has 4 atom stereocenters. The summed E-state index contributed by atoms with van der Waals surface area (Å²) < 4.78 is 6.82. The first-order valence-electron chi connectivity index (χ1n) is 10.1. The van der Waals surface area contributed by atoms with E-state index in [0.29, 0.717) is 23.4 Å². The van der Waals surface area contributed by atoms with Crippen molar-refractivity contribution in [3.8, 4) is 5.75 Å².